The van der Waals surface area contributed by atoms with Gasteiger partial charge in [0.05, 0.1) is 29.8 Å². The lowest BCUT2D eigenvalue weighted by molar-refractivity contribution is -0.154. The molecule has 3 aliphatic rings. The summed E-state index contributed by atoms with van der Waals surface area (Å²) in [6, 6.07) is -0.732. The fourth-order valence-electron chi connectivity index (χ4n) is 5.88. The number of thioether (sulfide) groups is 1. The van der Waals surface area contributed by atoms with Crippen LogP contribution in [0.1, 0.15) is 47.0 Å². The van der Waals surface area contributed by atoms with Crippen LogP contribution in [0.15, 0.2) is 25.3 Å². The summed E-state index contributed by atoms with van der Waals surface area (Å²) in [5.74, 6) is -1.82. The Morgan fingerprint density at radius 2 is 2.03 bits per heavy atom. The number of esters is 1. The predicted molar refractivity (Wildman–Crippen MR) is 130 cm³/mol. The van der Waals surface area contributed by atoms with Gasteiger partial charge in [0.25, 0.3) is 0 Å². The van der Waals surface area contributed by atoms with Crippen LogP contribution in [-0.2, 0) is 19.1 Å². The molecule has 7 nitrogen and oxygen atoms in total. The number of aliphatic hydroxyl groups excluding tert-OH is 1. The van der Waals surface area contributed by atoms with Crippen LogP contribution in [0.5, 0.6) is 0 Å². The first-order chi connectivity index (χ1) is 15.6. The molecule has 0 aromatic carbocycles. The molecule has 1 N–H and O–H groups in total. The summed E-state index contributed by atoms with van der Waals surface area (Å²) in [6.07, 6.45) is 5.68. The van der Waals surface area contributed by atoms with Crippen molar-refractivity contribution in [1.82, 2.24) is 9.80 Å². The standard InChI is InChI=1S/C25H38N2O5S/c1-7-9-10-14-32-23(31)18-17-15-16(3)25(33-17)19(18)21(29)26(12-13-28)20(25)22(30)27(11-8-2)24(4,5)6/h7-8,16-20,28H,1-2,9-15H2,3-6H3/t16?,17-,18+,19-,20?,25?/m0/s1. The zero-order valence-corrected chi connectivity index (χ0v) is 21.1. The Morgan fingerprint density at radius 1 is 1.33 bits per heavy atom. The van der Waals surface area contributed by atoms with Gasteiger partial charge in [-0.2, -0.15) is 0 Å². The number of hydrogen-bond acceptors (Lipinski definition) is 6. The van der Waals surface area contributed by atoms with Crippen LogP contribution in [0.3, 0.4) is 0 Å². The molecule has 2 bridgehead atoms. The summed E-state index contributed by atoms with van der Waals surface area (Å²) in [7, 11) is 0. The number of unbranched alkanes of at least 4 members (excludes halogenated alkanes) is 1. The Balaban J connectivity index is 1.99. The highest BCUT2D eigenvalue weighted by molar-refractivity contribution is 8.02. The van der Waals surface area contributed by atoms with Crippen molar-refractivity contribution in [2.45, 2.75) is 68.5 Å². The maximum Gasteiger partial charge on any atom is 0.310 e. The van der Waals surface area contributed by atoms with E-state index >= 15 is 0 Å². The van der Waals surface area contributed by atoms with Crippen molar-refractivity contribution < 1.29 is 24.2 Å². The van der Waals surface area contributed by atoms with Gasteiger partial charge >= 0.3 is 5.97 Å². The van der Waals surface area contributed by atoms with Gasteiger partial charge in [0.2, 0.25) is 11.8 Å². The number of β-amino-alcohol motifs (C(OH)–C–C–N with tert-alkyl or cyclic N) is 1. The number of hydrogen-bond donors (Lipinski definition) is 1. The molecule has 3 aliphatic heterocycles. The molecule has 3 saturated heterocycles. The number of carbonyl (C=O) groups excluding carboxylic acids is 3. The number of amides is 2. The van der Waals surface area contributed by atoms with Gasteiger partial charge in [-0.05, 0) is 46.0 Å². The molecule has 0 radical (unpaired) electrons. The molecule has 1 spiro atoms. The highest BCUT2D eigenvalue weighted by Gasteiger charge is 2.76. The molecule has 0 aliphatic carbocycles. The summed E-state index contributed by atoms with van der Waals surface area (Å²) in [4.78, 5) is 44.2. The molecule has 2 amide bonds. The summed E-state index contributed by atoms with van der Waals surface area (Å²) in [6.45, 7) is 15.9. The van der Waals surface area contributed by atoms with E-state index in [1.54, 1.807) is 28.8 Å². The van der Waals surface area contributed by atoms with E-state index in [2.05, 4.69) is 20.1 Å². The van der Waals surface area contributed by atoms with Gasteiger partial charge in [0.1, 0.15) is 6.04 Å². The van der Waals surface area contributed by atoms with Crippen LogP contribution in [0.2, 0.25) is 0 Å². The van der Waals surface area contributed by atoms with E-state index in [0.29, 0.717) is 19.6 Å². The van der Waals surface area contributed by atoms with Crippen molar-refractivity contribution in [3.05, 3.63) is 25.3 Å². The molecule has 33 heavy (non-hydrogen) atoms. The van der Waals surface area contributed by atoms with Crippen LogP contribution in [0, 0.1) is 17.8 Å². The van der Waals surface area contributed by atoms with Gasteiger partial charge in [-0.15, -0.1) is 24.9 Å². The maximum atomic E-state index is 14.1. The van der Waals surface area contributed by atoms with E-state index < -0.39 is 28.2 Å². The molecule has 0 aromatic heterocycles. The molecule has 3 unspecified atom stereocenters. The first kappa shape index (κ1) is 25.8. The third kappa shape index (κ3) is 4.25. The molecule has 3 heterocycles. The molecule has 3 rings (SSSR count). The summed E-state index contributed by atoms with van der Waals surface area (Å²) < 4.78 is 4.87. The lowest BCUT2D eigenvalue weighted by atomic mass is 9.66. The van der Waals surface area contributed by atoms with E-state index in [9.17, 15) is 19.5 Å². The SMILES string of the molecule is C=CCCCOC(=O)[C@@H]1[C@@H]2CC(C)C3(S2)C(C(=O)N(CC=C)C(C)(C)C)N(CCO)C(=O)[C@H]13. The van der Waals surface area contributed by atoms with E-state index in [-0.39, 0.29) is 42.1 Å². The topological polar surface area (TPSA) is 87.2 Å². The van der Waals surface area contributed by atoms with Crippen molar-refractivity contribution in [2.75, 3.05) is 26.3 Å². The van der Waals surface area contributed by atoms with Gasteiger partial charge in [0, 0.05) is 23.9 Å². The number of ether oxygens (including phenoxy) is 1. The Kier molecular flexibility index (Phi) is 7.68. The average Bonchev–Trinajstić information content (AvgIpc) is 3.32. The molecular weight excluding hydrogens is 440 g/mol. The van der Waals surface area contributed by atoms with E-state index in [4.69, 9.17) is 4.74 Å². The molecule has 3 fully saturated rings. The second-order valence-electron chi connectivity index (χ2n) is 10.3. The van der Waals surface area contributed by atoms with Crippen LogP contribution in [-0.4, -0.2) is 80.6 Å². The number of allylic oxidation sites excluding steroid dienone is 1. The van der Waals surface area contributed by atoms with Gasteiger partial charge in [-0.25, -0.2) is 0 Å². The van der Waals surface area contributed by atoms with Crippen molar-refractivity contribution in [2.24, 2.45) is 17.8 Å². The smallest absolute Gasteiger partial charge is 0.310 e. The molecule has 184 valence electrons. The third-order valence-corrected chi connectivity index (χ3v) is 9.35. The fraction of sp³-hybridized carbons (Fsp3) is 0.720. The number of nitrogens with zero attached hydrogens (tertiary/aromatic N) is 2. The second kappa shape index (κ2) is 9.82. The minimum atomic E-state index is -0.732. The molecule has 6 atom stereocenters. The molecule has 8 heteroatoms. The van der Waals surface area contributed by atoms with Crippen molar-refractivity contribution in [3.8, 4) is 0 Å². The highest BCUT2D eigenvalue weighted by atomic mass is 32.2. The largest absolute Gasteiger partial charge is 0.465 e. The number of likely N-dealkylation sites (tertiary alicyclic amines) is 1. The molecular formula is C25H38N2O5S. The average molecular weight is 479 g/mol. The lowest BCUT2D eigenvalue weighted by Crippen LogP contribution is -2.60. The number of fused-ring (bicyclic) bond motifs is 1. The zero-order valence-electron chi connectivity index (χ0n) is 20.3. The van der Waals surface area contributed by atoms with Crippen LogP contribution in [0.4, 0.5) is 0 Å². The predicted octanol–water partition coefficient (Wildman–Crippen LogP) is 2.64. The first-order valence-electron chi connectivity index (χ1n) is 11.8. The second-order valence-corrected chi connectivity index (χ2v) is 11.9. The maximum absolute atomic E-state index is 14.1. The summed E-state index contributed by atoms with van der Waals surface area (Å²) in [5.41, 5.74) is -0.470. The van der Waals surface area contributed by atoms with Crippen molar-refractivity contribution in [3.63, 3.8) is 0 Å². The molecule has 0 aromatic rings. The van der Waals surface area contributed by atoms with E-state index in [0.717, 1.165) is 12.8 Å². The monoisotopic (exact) mass is 478 g/mol. The molecule has 0 saturated carbocycles. The highest BCUT2D eigenvalue weighted by Crippen LogP contribution is 2.68. The third-order valence-electron chi connectivity index (χ3n) is 7.28. The fourth-order valence-corrected chi connectivity index (χ4v) is 8.29. The van der Waals surface area contributed by atoms with Gasteiger partial charge in [-0.1, -0.05) is 19.1 Å². The minimum Gasteiger partial charge on any atom is -0.465 e. The first-order valence-corrected chi connectivity index (χ1v) is 12.7. The van der Waals surface area contributed by atoms with Gasteiger partial charge in [0.15, 0.2) is 0 Å². The van der Waals surface area contributed by atoms with E-state index in [1.807, 2.05) is 20.8 Å². The lowest BCUT2D eigenvalue weighted by Gasteiger charge is -2.43. The summed E-state index contributed by atoms with van der Waals surface area (Å²) >= 11 is 1.62. The number of aliphatic hydroxyl groups is 1. The van der Waals surface area contributed by atoms with Crippen molar-refractivity contribution in [1.29, 1.82) is 0 Å². The minimum absolute atomic E-state index is 0.0464. The Hall–Kier alpha value is -1.80. The Bertz CT molecular complexity index is 809. The van der Waals surface area contributed by atoms with Crippen LogP contribution >= 0.6 is 11.8 Å². The summed E-state index contributed by atoms with van der Waals surface area (Å²) in [5, 5.41) is 9.70. The van der Waals surface area contributed by atoms with E-state index in [1.165, 1.54) is 4.90 Å². The van der Waals surface area contributed by atoms with Gasteiger partial charge < -0.3 is 19.6 Å². The number of rotatable bonds is 10. The van der Waals surface area contributed by atoms with Crippen LogP contribution < -0.4 is 0 Å². The quantitative estimate of drug-likeness (QED) is 0.295. The normalized spacial score (nSPS) is 32.6. The zero-order chi connectivity index (χ0) is 24.6. The Morgan fingerprint density at radius 3 is 2.61 bits per heavy atom. The van der Waals surface area contributed by atoms with Crippen LogP contribution in [0.25, 0.3) is 0 Å². The van der Waals surface area contributed by atoms with Crippen molar-refractivity contribution >= 4 is 29.5 Å². The van der Waals surface area contributed by atoms with Gasteiger partial charge in [-0.3, -0.25) is 14.4 Å². The Labute approximate surface area is 201 Å². The number of carbonyl (C=O) groups is 3.